The fourth-order valence-corrected chi connectivity index (χ4v) is 1.18. The zero-order valence-electron chi connectivity index (χ0n) is 6.84. The van der Waals surface area contributed by atoms with Crippen molar-refractivity contribution in [2.75, 3.05) is 6.54 Å². The van der Waals surface area contributed by atoms with Crippen molar-refractivity contribution in [1.82, 2.24) is 5.32 Å². The molecule has 1 rings (SSSR count). The molecule has 1 fully saturated rings. The van der Waals surface area contributed by atoms with E-state index in [1.807, 2.05) is 0 Å². The zero-order chi connectivity index (χ0) is 8.27. The molecule has 0 saturated heterocycles. The van der Waals surface area contributed by atoms with E-state index in [-0.39, 0.29) is 11.2 Å². The van der Waals surface area contributed by atoms with Gasteiger partial charge in [0.2, 0.25) is 5.91 Å². The summed E-state index contributed by atoms with van der Waals surface area (Å²) in [5.41, 5.74) is 0. The quantitative estimate of drug-likeness (QED) is 0.617. The molecule has 0 spiro atoms. The van der Waals surface area contributed by atoms with Gasteiger partial charge in [0.25, 0.3) is 0 Å². The summed E-state index contributed by atoms with van der Waals surface area (Å²) in [6.45, 7) is 2.64. The van der Waals surface area contributed by atoms with Crippen molar-refractivity contribution in [1.29, 1.82) is 0 Å². The molecule has 1 atom stereocenters. The lowest BCUT2D eigenvalue weighted by Crippen LogP contribution is -2.35. The first-order valence-electron chi connectivity index (χ1n) is 4.16. The van der Waals surface area contributed by atoms with Crippen molar-refractivity contribution in [3.63, 3.8) is 0 Å². The summed E-state index contributed by atoms with van der Waals surface area (Å²) < 4.78 is 0. The highest BCUT2D eigenvalue weighted by Crippen LogP contribution is 2.25. The van der Waals surface area contributed by atoms with Crippen molar-refractivity contribution in [2.24, 2.45) is 5.92 Å². The van der Waals surface area contributed by atoms with Crippen LogP contribution >= 0.6 is 12.6 Å². The van der Waals surface area contributed by atoms with Crippen LogP contribution in [0, 0.1) is 5.92 Å². The van der Waals surface area contributed by atoms with E-state index in [0.717, 1.165) is 12.5 Å². The van der Waals surface area contributed by atoms with E-state index >= 15 is 0 Å². The predicted molar refractivity (Wildman–Crippen MR) is 48.8 cm³/mol. The molecule has 0 bridgehead atoms. The van der Waals surface area contributed by atoms with Gasteiger partial charge in [-0.25, -0.2) is 0 Å². The van der Waals surface area contributed by atoms with Gasteiger partial charge in [0.15, 0.2) is 0 Å². The molecular formula is C8H15NOS. The lowest BCUT2D eigenvalue weighted by molar-refractivity contribution is -0.120. The van der Waals surface area contributed by atoms with Crippen LogP contribution in [0.3, 0.4) is 0 Å². The Morgan fingerprint density at radius 2 is 2.36 bits per heavy atom. The Morgan fingerprint density at radius 3 is 2.73 bits per heavy atom. The van der Waals surface area contributed by atoms with Gasteiger partial charge in [-0.1, -0.05) is 6.42 Å². The molecule has 0 heterocycles. The summed E-state index contributed by atoms with van der Waals surface area (Å²) in [4.78, 5) is 11.0. The van der Waals surface area contributed by atoms with Crippen LogP contribution in [0.1, 0.15) is 26.2 Å². The molecule has 2 nitrogen and oxygen atoms in total. The standard InChI is InChI=1S/C8H15NOS/c1-6(11)8(10)9-5-7-3-2-4-7/h6-7,11H,2-5H2,1H3,(H,9,10). The Labute approximate surface area is 73.2 Å². The van der Waals surface area contributed by atoms with E-state index in [4.69, 9.17) is 0 Å². The molecule has 1 saturated carbocycles. The van der Waals surface area contributed by atoms with Gasteiger partial charge < -0.3 is 5.32 Å². The van der Waals surface area contributed by atoms with E-state index in [2.05, 4.69) is 17.9 Å². The van der Waals surface area contributed by atoms with E-state index in [1.54, 1.807) is 6.92 Å². The minimum Gasteiger partial charge on any atom is -0.355 e. The summed E-state index contributed by atoms with van der Waals surface area (Å²) in [6, 6.07) is 0. The molecule has 1 unspecified atom stereocenters. The average Bonchev–Trinajstić information content (AvgIpc) is 1.83. The second-order valence-electron chi connectivity index (χ2n) is 3.22. The second-order valence-corrected chi connectivity index (χ2v) is 3.99. The SMILES string of the molecule is CC(S)C(=O)NCC1CCC1. The van der Waals surface area contributed by atoms with Crippen molar-refractivity contribution in [2.45, 2.75) is 31.4 Å². The normalized spacial score (nSPS) is 20.5. The van der Waals surface area contributed by atoms with Crippen molar-refractivity contribution in [3.05, 3.63) is 0 Å². The fraction of sp³-hybridized carbons (Fsp3) is 0.875. The molecule has 0 aliphatic heterocycles. The molecule has 1 N–H and O–H groups in total. The first-order valence-corrected chi connectivity index (χ1v) is 4.67. The van der Waals surface area contributed by atoms with Gasteiger partial charge in [-0.15, -0.1) is 0 Å². The van der Waals surface area contributed by atoms with Crippen LogP contribution in [0.4, 0.5) is 0 Å². The predicted octanol–water partition coefficient (Wildman–Crippen LogP) is 1.22. The Balaban J connectivity index is 2.06. The highest BCUT2D eigenvalue weighted by Gasteiger charge is 2.18. The van der Waals surface area contributed by atoms with E-state index in [9.17, 15) is 4.79 Å². The fourth-order valence-electron chi connectivity index (χ4n) is 1.09. The Kier molecular flexibility index (Phi) is 3.24. The summed E-state index contributed by atoms with van der Waals surface area (Å²) in [5.74, 6) is 0.797. The maximum atomic E-state index is 11.0. The Hall–Kier alpha value is -0.180. The molecule has 3 heteroatoms. The third-order valence-electron chi connectivity index (χ3n) is 2.17. The monoisotopic (exact) mass is 173 g/mol. The number of amides is 1. The number of hydrogen-bond donors (Lipinski definition) is 2. The van der Waals surface area contributed by atoms with Crippen LogP contribution in [-0.4, -0.2) is 17.7 Å². The summed E-state index contributed by atoms with van der Waals surface area (Å²) >= 11 is 4.03. The largest absolute Gasteiger partial charge is 0.355 e. The van der Waals surface area contributed by atoms with Crippen LogP contribution in [0.25, 0.3) is 0 Å². The number of nitrogens with one attached hydrogen (secondary N) is 1. The van der Waals surface area contributed by atoms with E-state index in [1.165, 1.54) is 19.3 Å². The molecule has 1 amide bonds. The van der Waals surface area contributed by atoms with Crippen LogP contribution in [0.5, 0.6) is 0 Å². The van der Waals surface area contributed by atoms with Crippen LogP contribution in [0.2, 0.25) is 0 Å². The second kappa shape index (κ2) is 4.00. The van der Waals surface area contributed by atoms with Crippen LogP contribution in [-0.2, 0) is 4.79 Å². The Morgan fingerprint density at radius 1 is 1.73 bits per heavy atom. The molecule has 1 aliphatic rings. The number of rotatable bonds is 3. The molecule has 1 aliphatic carbocycles. The average molecular weight is 173 g/mol. The first-order chi connectivity index (χ1) is 5.20. The maximum absolute atomic E-state index is 11.0. The molecule has 0 aromatic heterocycles. The van der Waals surface area contributed by atoms with Crippen LogP contribution in [0.15, 0.2) is 0 Å². The first kappa shape index (κ1) is 8.91. The third-order valence-corrected chi connectivity index (χ3v) is 2.40. The van der Waals surface area contributed by atoms with E-state index in [0.29, 0.717) is 0 Å². The molecule has 0 aromatic carbocycles. The Bertz CT molecular complexity index is 143. The molecule has 0 radical (unpaired) electrons. The molecule has 64 valence electrons. The lowest BCUT2D eigenvalue weighted by Gasteiger charge is -2.25. The third kappa shape index (κ3) is 2.73. The van der Waals surface area contributed by atoms with Gasteiger partial charge in [-0.05, 0) is 25.7 Å². The van der Waals surface area contributed by atoms with E-state index < -0.39 is 0 Å². The zero-order valence-corrected chi connectivity index (χ0v) is 7.73. The summed E-state index contributed by atoms with van der Waals surface area (Å²) in [5, 5.41) is 2.70. The lowest BCUT2D eigenvalue weighted by atomic mass is 9.85. The minimum absolute atomic E-state index is 0.0558. The number of hydrogen-bond acceptors (Lipinski definition) is 2. The molecule has 11 heavy (non-hydrogen) atoms. The van der Waals surface area contributed by atoms with Crippen molar-refractivity contribution < 1.29 is 4.79 Å². The number of carbonyl (C=O) groups excluding carboxylic acids is 1. The van der Waals surface area contributed by atoms with Gasteiger partial charge >= 0.3 is 0 Å². The van der Waals surface area contributed by atoms with Gasteiger partial charge in [0, 0.05) is 6.54 Å². The van der Waals surface area contributed by atoms with Crippen molar-refractivity contribution >= 4 is 18.5 Å². The number of carbonyl (C=O) groups is 1. The molecule has 0 aromatic rings. The maximum Gasteiger partial charge on any atom is 0.232 e. The smallest absolute Gasteiger partial charge is 0.232 e. The molecular weight excluding hydrogens is 158 g/mol. The minimum atomic E-state index is -0.171. The van der Waals surface area contributed by atoms with Crippen molar-refractivity contribution in [3.8, 4) is 0 Å². The highest BCUT2D eigenvalue weighted by atomic mass is 32.1. The number of thiol groups is 1. The topological polar surface area (TPSA) is 29.1 Å². The summed E-state index contributed by atoms with van der Waals surface area (Å²) in [7, 11) is 0. The van der Waals surface area contributed by atoms with Crippen LogP contribution < -0.4 is 5.32 Å². The van der Waals surface area contributed by atoms with Gasteiger partial charge in [0.1, 0.15) is 0 Å². The highest BCUT2D eigenvalue weighted by molar-refractivity contribution is 7.81. The summed E-state index contributed by atoms with van der Waals surface area (Å²) in [6.07, 6.45) is 3.89. The van der Waals surface area contributed by atoms with Gasteiger partial charge in [0.05, 0.1) is 5.25 Å². The van der Waals surface area contributed by atoms with Gasteiger partial charge in [-0.3, -0.25) is 4.79 Å². The van der Waals surface area contributed by atoms with Gasteiger partial charge in [-0.2, -0.15) is 12.6 Å².